The van der Waals surface area contributed by atoms with Gasteiger partial charge in [0, 0.05) is 25.9 Å². The third-order valence-corrected chi connectivity index (χ3v) is 3.10. The first kappa shape index (κ1) is 15.9. The van der Waals surface area contributed by atoms with E-state index in [2.05, 4.69) is 20.6 Å². The van der Waals surface area contributed by atoms with Gasteiger partial charge in [-0.2, -0.15) is 0 Å². The summed E-state index contributed by atoms with van der Waals surface area (Å²) < 4.78 is 4.92. The van der Waals surface area contributed by atoms with Gasteiger partial charge in [-0.05, 0) is 25.0 Å². The Kier molecular flexibility index (Phi) is 5.85. The normalized spacial score (nSPS) is 10.3. The quantitative estimate of drug-likeness (QED) is 0.767. The van der Waals surface area contributed by atoms with E-state index in [0.717, 1.165) is 17.7 Å². The SMILES string of the molecule is COCCCNC(=O)c1cnc(Nc2ccccc2C)cn1. The van der Waals surface area contributed by atoms with Crippen LogP contribution in [0.25, 0.3) is 0 Å². The number of nitrogens with one attached hydrogen (secondary N) is 2. The van der Waals surface area contributed by atoms with Gasteiger partial charge in [0.05, 0.1) is 12.4 Å². The molecular weight excluding hydrogens is 280 g/mol. The maximum atomic E-state index is 11.9. The molecule has 0 bridgehead atoms. The van der Waals surface area contributed by atoms with Crippen molar-refractivity contribution < 1.29 is 9.53 Å². The van der Waals surface area contributed by atoms with Gasteiger partial charge in [-0.3, -0.25) is 4.79 Å². The third-order valence-electron chi connectivity index (χ3n) is 3.10. The molecule has 0 saturated heterocycles. The molecule has 22 heavy (non-hydrogen) atoms. The van der Waals surface area contributed by atoms with Crippen molar-refractivity contribution in [2.75, 3.05) is 25.6 Å². The van der Waals surface area contributed by atoms with Crippen LogP contribution in [0, 0.1) is 6.92 Å². The molecule has 2 N–H and O–H groups in total. The molecule has 1 heterocycles. The molecule has 6 nitrogen and oxygen atoms in total. The Morgan fingerprint density at radius 1 is 1.23 bits per heavy atom. The van der Waals surface area contributed by atoms with E-state index in [1.54, 1.807) is 13.3 Å². The number of carbonyl (C=O) groups excluding carboxylic acids is 1. The molecule has 2 rings (SSSR count). The Balaban J connectivity index is 1.92. The van der Waals surface area contributed by atoms with Gasteiger partial charge >= 0.3 is 0 Å². The number of aryl methyl sites for hydroxylation is 1. The van der Waals surface area contributed by atoms with Gasteiger partial charge in [-0.15, -0.1) is 0 Å². The molecule has 1 aromatic heterocycles. The smallest absolute Gasteiger partial charge is 0.271 e. The van der Waals surface area contributed by atoms with Crippen LogP contribution in [-0.2, 0) is 4.74 Å². The molecule has 0 fully saturated rings. The fraction of sp³-hybridized carbons (Fsp3) is 0.312. The number of amides is 1. The van der Waals surface area contributed by atoms with E-state index in [9.17, 15) is 4.79 Å². The fourth-order valence-corrected chi connectivity index (χ4v) is 1.87. The molecule has 6 heteroatoms. The van der Waals surface area contributed by atoms with Gasteiger partial charge in [0.15, 0.2) is 0 Å². The largest absolute Gasteiger partial charge is 0.385 e. The Hall–Kier alpha value is -2.47. The average Bonchev–Trinajstić information content (AvgIpc) is 2.54. The summed E-state index contributed by atoms with van der Waals surface area (Å²) in [4.78, 5) is 20.2. The van der Waals surface area contributed by atoms with Crippen LogP contribution >= 0.6 is 0 Å². The van der Waals surface area contributed by atoms with Gasteiger partial charge in [0.2, 0.25) is 0 Å². The van der Waals surface area contributed by atoms with Crippen LogP contribution in [0.3, 0.4) is 0 Å². The first-order valence-electron chi connectivity index (χ1n) is 7.12. The molecule has 0 unspecified atom stereocenters. The van der Waals surface area contributed by atoms with E-state index in [0.29, 0.717) is 24.7 Å². The van der Waals surface area contributed by atoms with E-state index in [-0.39, 0.29) is 5.91 Å². The van der Waals surface area contributed by atoms with Crippen molar-refractivity contribution in [2.45, 2.75) is 13.3 Å². The third kappa shape index (κ3) is 4.53. The number of nitrogens with zero attached hydrogens (tertiary/aromatic N) is 2. The number of methoxy groups -OCH3 is 1. The van der Waals surface area contributed by atoms with Gasteiger partial charge in [-0.25, -0.2) is 9.97 Å². The van der Waals surface area contributed by atoms with Crippen molar-refractivity contribution in [1.29, 1.82) is 0 Å². The zero-order valence-corrected chi connectivity index (χ0v) is 12.8. The lowest BCUT2D eigenvalue weighted by Gasteiger charge is -2.08. The van der Waals surface area contributed by atoms with Crippen molar-refractivity contribution in [3.8, 4) is 0 Å². The van der Waals surface area contributed by atoms with Crippen LogP contribution in [0.1, 0.15) is 22.5 Å². The number of anilines is 2. The van der Waals surface area contributed by atoms with Gasteiger partial charge < -0.3 is 15.4 Å². The average molecular weight is 300 g/mol. The molecule has 1 amide bonds. The van der Waals surface area contributed by atoms with Crippen molar-refractivity contribution in [3.63, 3.8) is 0 Å². The van der Waals surface area contributed by atoms with Gasteiger partial charge in [0.25, 0.3) is 5.91 Å². The molecule has 0 aliphatic carbocycles. The monoisotopic (exact) mass is 300 g/mol. The highest BCUT2D eigenvalue weighted by Gasteiger charge is 2.07. The van der Waals surface area contributed by atoms with Crippen molar-refractivity contribution in [3.05, 3.63) is 47.9 Å². The summed E-state index contributed by atoms with van der Waals surface area (Å²) >= 11 is 0. The number of rotatable bonds is 7. The van der Waals surface area contributed by atoms with Crippen LogP contribution in [0.15, 0.2) is 36.7 Å². The first-order chi connectivity index (χ1) is 10.7. The molecule has 0 aliphatic rings. The minimum Gasteiger partial charge on any atom is -0.385 e. The Bertz CT molecular complexity index is 614. The van der Waals surface area contributed by atoms with E-state index in [1.807, 2.05) is 31.2 Å². The lowest BCUT2D eigenvalue weighted by atomic mass is 10.2. The predicted molar refractivity (Wildman–Crippen MR) is 85.3 cm³/mol. The number of aromatic nitrogens is 2. The molecule has 1 aromatic carbocycles. The van der Waals surface area contributed by atoms with E-state index in [4.69, 9.17) is 4.74 Å². The predicted octanol–water partition coefficient (Wildman–Crippen LogP) is 2.29. The van der Waals surface area contributed by atoms with Crippen molar-refractivity contribution in [1.82, 2.24) is 15.3 Å². The summed E-state index contributed by atoms with van der Waals surface area (Å²) in [6.45, 7) is 3.18. The second-order valence-electron chi connectivity index (χ2n) is 4.83. The van der Waals surface area contributed by atoms with E-state index >= 15 is 0 Å². The zero-order valence-electron chi connectivity index (χ0n) is 12.8. The highest BCUT2D eigenvalue weighted by atomic mass is 16.5. The molecule has 0 spiro atoms. The molecule has 2 aromatic rings. The summed E-state index contributed by atoms with van der Waals surface area (Å²) in [5.74, 6) is 0.372. The second-order valence-corrected chi connectivity index (χ2v) is 4.83. The first-order valence-corrected chi connectivity index (χ1v) is 7.12. The van der Waals surface area contributed by atoms with Crippen LogP contribution < -0.4 is 10.6 Å². The second kappa shape index (κ2) is 8.09. The van der Waals surface area contributed by atoms with Crippen LogP contribution in [0.5, 0.6) is 0 Å². The maximum Gasteiger partial charge on any atom is 0.271 e. The fourth-order valence-electron chi connectivity index (χ4n) is 1.87. The number of para-hydroxylation sites is 1. The summed E-state index contributed by atoms with van der Waals surface area (Å²) in [5, 5.41) is 5.95. The lowest BCUT2D eigenvalue weighted by molar-refractivity contribution is 0.0943. The maximum absolute atomic E-state index is 11.9. The Morgan fingerprint density at radius 2 is 2.05 bits per heavy atom. The molecule has 0 saturated carbocycles. The molecule has 0 aliphatic heterocycles. The van der Waals surface area contributed by atoms with Crippen LogP contribution in [0.2, 0.25) is 0 Å². The minimum atomic E-state index is -0.231. The minimum absolute atomic E-state index is 0.231. The summed E-state index contributed by atoms with van der Waals surface area (Å²) in [6.07, 6.45) is 3.78. The molecule has 0 atom stereocenters. The summed E-state index contributed by atoms with van der Waals surface area (Å²) in [7, 11) is 1.63. The number of benzene rings is 1. The van der Waals surface area contributed by atoms with Crippen molar-refractivity contribution >= 4 is 17.4 Å². The number of ether oxygens (including phenoxy) is 1. The summed E-state index contributed by atoms with van der Waals surface area (Å²) in [5.41, 5.74) is 2.38. The highest BCUT2D eigenvalue weighted by molar-refractivity contribution is 5.92. The zero-order chi connectivity index (χ0) is 15.8. The van der Waals surface area contributed by atoms with Crippen LogP contribution in [-0.4, -0.2) is 36.1 Å². The van der Waals surface area contributed by atoms with Gasteiger partial charge in [-0.1, -0.05) is 18.2 Å². The van der Waals surface area contributed by atoms with E-state index < -0.39 is 0 Å². The lowest BCUT2D eigenvalue weighted by Crippen LogP contribution is -2.26. The Labute approximate surface area is 129 Å². The van der Waals surface area contributed by atoms with Crippen LogP contribution in [0.4, 0.5) is 11.5 Å². The molecule has 116 valence electrons. The standard InChI is InChI=1S/C16H20N4O2/c1-12-6-3-4-7-13(12)20-15-11-18-14(10-19-15)16(21)17-8-5-9-22-2/h3-4,6-7,10-11H,5,8-9H2,1-2H3,(H,17,21)(H,19,20). The van der Waals surface area contributed by atoms with E-state index in [1.165, 1.54) is 6.20 Å². The number of hydrogen-bond donors (Lipinski definition) is 2. The highest BCUT2D eigenvalue weighted by Crippen LogP contribution is 2.17. The Morgan fingerprint density at radius 3 is 2.73 bits per heavy atom. The number of carbonyl (C=O) groups is 1. The summed E-state index contributed by atoms with van der Waals surface area (Å²) in [6, 6.07) is 7.90. The molecular formula is C16H20N4O2. The van der Waals surface area contributed by atoms with Crippen molar-refractivity contribution in [2.24, 2.45) is 0 Å². The van der Waals surface area contributed by atoms with Gasteiger partial charge in [0.1, 0.15) is 11.5 Å². The topological polar surface area (TPSA) is 76.1 Å². The molecule has 0 radical (unpaired) electrons. The number of hydrogen-bond acceptors (Lipinski definition) is 5.